The van der Waals surface area contributed by atoms with Crippen LogP contribution in [0.15, 0.2) is 42.5 Å². The number of benzene rings is 2. The summed E-state index contributed by atoms with van der Waals surface area (Å²) < 4.78 is 50.8. The molecule has 1 aliphatic heterocycles. The number of anilines is 2. The van der Waals surface area contributed by atoms with Crippen LogP contribution in [0.2, 0.25) is 0 Å². The Hall–Kier alpha value is -2.81. The molecule has 1 aliphatic rings. The fraction of sp³-hybridized carbons (Fsp3) is 0.316. The molecule has 150 valence electrons. The number of nitrogens with zero attached hydrogens (tertiary/aromatic N) is 1. The van der Waals surface area contributed by atoms with E-state index in [0.717, 1.165) is 16.6 Å². The van der Waals surface area contributed by atoms with Crippen molar-refractivity contribution < 1.29 is 27.1 Å². The van der Waals surface area contributed by atoms with Crippen LogP contribution in [-0.2, 0) is 14.8 Å². The van der Waals surface area contributed by atoms with Crippen molar-refractivity contribution in [2.45, 2.75) is 19.4 Å². The van der Waals surface area contributed by atoms with Gasteiger partial charge in [-0.05, 0) is 30.7 Å². The van der Waals surface area contributed by atoms with Crippen LogP contribution in [0.25, 0.3) is 0 Å². The topological polar surface area (TPSA) is 84.9 Å². The highest BCUT2D eigenvalue weighted by atomic mass is 32.2. The number of fused-ring (bicyclic) bond motifs is 1. The molecule has 1 heterocycles. The maximum atomic E-state index is 14.3. The van der Waals surface area contributed by atoms with Gasteiger partial charge in [0.05, 0.1) is 11.9 Å². The third-order valence-corrected chi connectivity index (χ3v) is 5.40. The monoisotopic (exact) mass is 408 g/mol. The van der Waals surface area contributed by atoms with Gasteiger partial charge in [0.1, 0.15) is 25.1 Å². The van der Waals surface area contributed by atoms with Gasteiger partial charge in [-0.1, -0.05) is 19.1 Å². The van der Waals surface area contributed by atoms with E-state index in [0.29, 0.717) is 30.4 Å². The first-order valence-electron chi connectivity index (χ1n) is 8.75. The maximum absolute atomic E-state index is 14.3. The number of hydrogen-bond donors (Lipinski definition) is 1. The Morgan fingerprint density at radius 1 is 1.18 bits per heavy atom. The second-order valence-electron chi connectivity index (χ2n) is 6.28. The Bertz CT molecular complexity index is 980. The van der Waals surface area contributed by atoms with Crippen molar-refractivity contribution >= 4 is 27.3 Å². The fourth-order valence-electron chi connectivity index (χ4n) is 3.01. The smallest absolute Gasteiger partial charge is 0.248 e. The van der Waals surface area contributed by atoms with E-state index < -0.39 is 27.8 Å². The molecule has 2 aromatic carbocycles. The lowest BCUT2D eigenvalue weighted by Gasteiger charge is -2.30. The lowest BCUT2D eigenvalue weighted by Crippen LogP contribution is -2.47. The second kappa shape index (κ2) is 8.05. The molecule has 28 heavy (non-hydrogen) atoms. The molecular weight excluding hydrogens is 387 g/mol. The van der Waals surface area contributed by atoms with Gasteiger partial charge in [-0.2, -0.15) is 0 Å². The van der Waals surface area contributed by atoms with Crippen molar-refractivity contribution in [2.75, 3.05) is 29.1 Å². The minimum absolute atomic E-state index is 0.151. The van der Waals surface area contributed by atoms with Crippen molar-refractivity contribution in [3.63, 3.8) is 0 Å². The van der Waals surface area contributed by atoms with Gasteiger partial charge in [-0.15, -0.1) is 0 Å². The maximum Gasteiger partial charge on any atom is 0.248 e. The number of para-hydroxylation sites is 1. The lowest BCUT2D eigenvalue weighted by molar-refractivity contribution is -0.117. The van der Waals surface area contributed by atoms with E-state index >= 15 is 0 Å². The molecule has 2 aromatic rings. The average molecular weight is 408 g/mol. The van der Waals surface area contributed by atoms with Crippen molar-refractivity contribution in [3.8, 4) is 11.5 Å². The molecule has 0 saturated carbocycles. The summed E-state index contributed by atoms with van der Waals surface area (Å²) in [5.41, 5.74) is 0.254. The fourth-order valence-corrected chi connectivity index (χ4v) is 4.22. The highest BCUT2D eigenvalue weighted by Gasteiger charge is 2.33. The number of rotatable bonds is 6. The Kier molecular flexibility index (Phi) is 5.73. The van der Waals surface area contributed by atoms with Gasteiger partial charge in [-0.25, -0.2) is 12.8 Å². The minimum atomic E-state index is -3.92. The number of carbonyl (C=O) groups is 1. The zero-order valence-electron chi connectivity index (χ0n) is 15.5. The van der Waals surface area contributed by atoms with E-state index in [9.17, 15) is 17.6 Å². The average Bonchev–Trinajstić information content (AvgIpc) is 2.65. The molecule has 1 unspecified atom stereocenters. The SMILES string of the molecule is CCC(C(=O)Nc1ccc2c(c1)OCCO2)N(c1ccccc1F)S(C)(=O)=O. The number of hydrogen-bond acceptors (Lipinski definition) is 5. The number of nitrogens with one attached hydrogen (secondary N) is 1. The number of carbonyl (C=O) groups excluding carboxylic acids is 1. The zero-order valence-corrected chi connectivity index (χ0v) is 16.3. The van der Waals surface area contributed by atoms with Crippen molar-refractivity contribution in [1.82, 2.24) is 0 Å². The number of sulfonamides is 1. The summed E-state index contributed by atoms with van der Waals surface area (Å²) in [5.74, 6) is -0.238. The zero-order chi connectivity index (χ0) is 20.3. The van der Waals surface area contributed by atoms with Crippen molar-refractivity contribution in [1.29, 1.82) is 0 Å². The number of amides is 1. The van der Waals surface area contributed by atoms with E-state index in [1.807, 2.05) is 0 Å². The van der Waals surface area contributed by atoms with E-state index in [1.165, 1.54) is 18.2 Å². The third-order valence-electron chi connectivity index (χ3n) is 4.23. The van der Waals surface area contributed by atoms with Crippen LogP contribution in [0.5, 0.6) is 11.5 Å². The highest BCUT2D eigenvalue weighted by molar-refractivity contribution is 7.92. The summed E-state index contributed by atoms with van der Waals surface area (Å²) >= 11 is 0. The molecule has 0 aromatic heterocycles. The van der Waals surface area contributed by atoms with Gasteiger partial charge in [0, 0.05) is 11.8 Å². The summed E-state index contributed by atoms with van der Waals surface area (Å²) in [6.07, 6.45) is 1.09. The van der Waals surface area contributed by atoms with Gasteiger partial charge in [0.15, 0.2) is 11.5 Å². The third kappa shape index (κ3) is 4.19. The summed E-state index contributed by atoms with van der Waals surface area (Å²) in [6.45, 7) is 2.51. The van der Waals surface area contributed by atoms with Crippen LogP contribution in [-0.4, -0.2) is 39.8 Å². The second-order valence-corrected chi connectivity index (χ2v) is 8.14. The predicted octanol–water partition coefficient (Wildman–Crippen LogP) is 2.78. The van der Waals surface area contributed by atoms with Crippen molar-refractivity contribution in [2.24, 2.45) is 0 Å². The summed E-state index contributed by atoms with van der Waals surface area (Å²) in [7, 11) is -3.92. The van der Waals surface area contributed by atoms with Gasteiger partial charge in [0.2, 0.25) is 15.9 Å². The molecule has 0 fully saturated rings. The van der Waals surface area contributed by atoms with Crippen LogP contribution in [0.1, 0.15) is 13.3 Å². The van der Waals surface area contributed by atoms with Crippen LogP contribution >= 0.6 is 0 Å². The minimum Gasteiger partial charge on any atom is -0.486 e. The molecular formula is C19H21FN2O5S. The van der Waals surface area contributed by atoms with Crippen LogP contribution in [0.3, 0.4) is 0 Å². The Labute approximate surface area is 163 Å². The summed E-state index contributed by atoms with van der Waals surface area (Å²) in [6, 6.07) is 9.22. The first-order valence-corrected chi connectivity index (χ1v) is 10.6. The molecule has 9 heteroatoms. The molecule has 1 atom stereocenters. The number of halogens is 1. The molecule has 3 rings (SSSR count). The van der Waals surface area contributed by atoms with E-state index in [4.69, 9.17) is 9.47 Å². The highest BCUT2D eigenvalue weighted by Crippen LogP contribution is 2.33. The largest absolute Gasteiger partial charge is 0.486 e. The molecule has 1 amide bonds. The van der Waals surface area contributed by atoms with Crippen molar-refractivity contribution in [3.05, 3.63) is 48.3 Å². The predicted molar refractivity (Wildman–Crippen MR) is 104 cm³/mol. The van der Waals surface area contributed by atoms with E-state index in [2.05, 4.69) is 5.32 Å². The molecule has 7 nitrogen and oxygen atoms in total. The van der Waals surface area contributed by atoms with Gasteiger partial charge in [0.25, 0.3) is 0 Å². The molecule has 0 spiro atoms. The van der Waals surface area contributed by atoms with Crippen LogP contribution in [0, 0.1) is 5.82 Å². The van der Waals surface area contributed by atoms with Crippen LogP contribution < -0.4 is 19.1 Å². The normalized spacial score (nSPS) is 14.2. The van der Waals surface area contributed by atoms with Gasteiger partial charge in [-0.3, -0.25) is 9.10 Å². The molecule has 0 saturated heterocycles. The van der Waals surface area contributed by atoms with E-state index in [-0.39, 0.29) is 12.1 Å². The quantitative estimate of drug-likeness (QED) is 0.795. The first kappa shape index (κ1) is 19.9. The standard InChI is InChI=1S/C19H21FN2O5S/c1-3-15(22(28(2,24)25)16-7-5-4-6-14(16)20)19(23)21-13-8-9-17-18(12-13)27-11-10-26-17/h4-9,12,15H,3,10-11H2,1-2H3,(H,21,23). The molecule has 0 aliphatic carbocycles. The lowest BCUT2D eigenvalue weighted by atomic mass is 10.1. The molecule has 1 N–H and O–H groups in total. The summed E-state index contributed by atoms with van der Waals surface area (Å²) in [5, 5.41) is 2.68. The Balaban J connectivity index is 1.90. The number of ether oxygens (including phenoxy) is 2. The van der Waals surface area contributed by atoms with Gasteiger partial charge >= 0.3 is 0 Å². The van der Waals surface area contributed by atoms with Gasteiger partial charge < -0.3 is 14.8 Å². The Morgan fingerprint density at radius 2 is 1.86 bits per heavy atom. The van der Waals surface area contributed by atoms with E-state index in [1.54, 1.807) is 25.1 Å². The summed E-state index contributed by atoms with van der Waals surface area (Å²) in [4.78, 5) is 12.9. The first-order chi connectivity index (χ1) is 13.3. The molecule has 0 bridgehead atoms. The van der Waals surface area contributed by atoms with Crippen LogP contribution in [0.4, 0.5) is 15.8 Å². The Morgan fingerprint density at radius 3 is 2.50 bits per heavy atom. The molecule has 0 radical (unpaired) electrons.